The van der Waals surface area contributed by atoms with Gasteiger partial charge in [0.05, 0.1) is 19.3 Å². The van der Waals surface area contributed by atoms with Crippen molar-refractivity contribution in [3.05, 3.63) is 71.8 Å². The molecule has 0 amide bonds. The van der Waals surface area contributed by atoms with Gasteiger partial charge in [0, 0.05) is 11.6 Å². The van der Waals surface area contributed by atoms with Crippen molar-refractivity contribution in [2.45, 2.75) is 6.92 Å². The largest absolute Gasteiger partial charge is 0.508 e. The first kappa shape index (κ1) is 17.3. The highest BCUT2D eigenvalue weighted by molar-refractivity contribution is 6.06. The van der Waals surface area contributed by atoms with Crippen LogP contribution in [-0.4, -0.2) is 24.6 Å². The molecule has 0 aromatic heterocycles. The lowest BCUT2D eigenvalue weighted by Gasteiger charge is -2.08. The van der Waals surface area contributed by atoms with E-state index in [2.05, 4.69) is 0 Å². The summed E-state index contributed by atoms with van der Waals surface area (Å²) in [6.07, 6.45) is 6.76. The highest BCUT2D eigenvalue weighted by Gasteiger charge is 2.10. The zero-order valence-corrected chi connectivity index (χ0v) is 13.7. The van der Waals surface area contributed by atoms with E-state index in [0.29, 0.717) is 17.9 Å². The molecule has 0 saturated carbocycles. The molecular formula is C20H20O4. The second-order valence-corrected chi connectivity index (χ2v) is 4.94. The highest BCUT2D eigenvalue weighted by Crippen LogP contribution is 2.25. The molecule has 2 rings (SSSR count). The van der Waals surface area contributed by atoms with Gasteiger partial charge in [-0.15, -0.1) is 0 Å². The summed E-state index contributed by atoms with van der Waals surface area (Å²) < 4.78 is 10.7. The van der Waals surface area contributed by atoms with E-state index in [4.69, 9.17) is 9.47 Å². The molecule has 0 radical (unpaired) electrons. The van der Waals surface area contributed by atoms with Gasteiger partial charge in [0.2, 0.25) is 0 Å². The van der Waals surface area contributed by atoms with E-state index < -0.39 is 0 Å². The Morgan fingerprint density at radius 1 is 1.12 bits per heavy atom. The molecule has 0 atom stereocenters. The third-order valence-corrected chi connectivity index (χ3v) is 3.30. The van der Waals surface area contributed by atoms with Crippen LogP contribution in [0, 0.1) is 0 Å². The number of aromatic hydroxyl groups is 1. The van der Waals surface area contributed by atoms with Crippen LogP contribution in [0.3, 0.4) is 0 Å². The van der Waals surface area contributed by atoms with Crippen molar-refractivity contribution >= 4 is 11.9 Å². The van der Waals surface area contributed by atoms with Gasteiger partial charge in [-0.25, -0.2) is 0 Å². The number of hydrogen-bond donors (Lipinski definition) is 1. The van der Waals surface area contributed by atoms with E-state index in [-0.39, 0.29) is 11.5 Å². The van der Waals surface area contributed by atoms with E-state index in [1.54, 1.807) is 25.3 Å². The molecule has 0 aliphatic heterocycles. The monoisotopic (exact) mass is 324 g/mol. The summed E-state index contributed by atoms with van der Waals surface area (Å²) >= 11 is 0. The smallest absolute Gasteiger partial charge is 0.189 e. The number of allylic oxidation sites excluding steroid dienone is 3. The molecule has 0 unspecified atom stereocenters. The normalized spacial score (nSPS) is 11.1. The molecular weight excluding hydrogens is 304 g/mol. The van der Waals surface area contributed by atoms with Crippen LogP contribution in [0.5, 0.6) is 17.2 Å². The number of phenolic OH excluding ortho intramolecular Hbond substituents is 1. The predicted molar refractivity (Wildman–Crippen MR) is 94.8 cm³/mol. The molecule has 124 valence electrons. The van der Waals surface area contributed by atoms with Crippen molar-refractivity contribution < 1.29 is 19.4 Å². The summed E-state index contributed by atoms with van der Waals surface area (Å²) in [4.78, 5) is 12.3. The molecule has 2 aromatic carbocycles. The topological polar surface area (TPSA) is 55.8 Å². The van der Waals surface area contributed by atoms with Gasteiger partial charge in [0.1, 0.15) is 17.2 Å². The lowest BCUT2D eigenvalue weighted by molar-refractivity contribution is 0.104. The second-order valence-electron chi connectivity index (χ2n) is 4.94. The minimum Gasteiger partial charge on any atom is -0.508 e. The van der Waals surface area contributed by atoms with Crippen molar-refractivity contribution in [3.63, 3.8) is 0 Å². The average Bonchev–Trinajstić information content (AvgIpc) is 2.59. The number of carbonyl (C=O) groups excluding carboxylic acids is 1. The Kier molecular flexibility index (Phi) is 6.20. The molecule has 1 N–H and O–H groups in total. The summed E-state index contributed by atoms with van der Waals surface area (Å²) in [5.74, 6) is 1.02. The summed E-state index contributed by atoms with van der Waals surface area (Å²) in [5, 5.41) is 9.50. The van der Waals surface area contributed by atoms with Gasteiger partial charge in [-0.1, -0.05) is 36.4 Å². The summed E-state index contributed by atoms with van der Waals surface area (Å²) in [7, 11) is 1.62. The van der Waals surface area contributed by atoms with E-state index in [1.165, 1.54) is 18.2 Å². The van der Waals surface area contributed by atoms with Gasteiger partial charge in [-0.05, 0) is 31.2 Å². The predicted octanol–water partition coefficient (Wildman–Crippen LogP) is 4.25. The SMILES string of the molecule is CCOc1cc(O)ccc1C(=O)/C=C/C=C/c1ccccc1OC. The Morgan fingerprint density at radius 2 is 1.92 bits per heavy atom. The van der Waals surface area contributed by atoms with Crippen molar-refractivity contribution in [2.75, 3.05) is 13.7 Å². The molecule has 0 fully saturated rings. The molecule has 0 saturated heterocycles. The Bertz CT molecular complexity index is 760. The van der Waals surface area contributed by atoms with Gasteiger partial charge in [0.15, 0.2) is 5.78 Å². The first-order chi connectivity index (χ1) is 11.7. The Hall–Kier alpha value is -3.01. The number of ether oxygens (including phenoxy) is 2. The lowest BCUT2D eigenvalue weighted by Crippen LogP contribution is -2.01. The standard InChI is InChI=1S/C20H20O4/c1-3-24-20-14-16(21)12-13-17(20)18(22)10-6-4-8-15-9-5-7-11-19(15)23-2/h4-14,21H,3H2,1-2H3/b8-4+,10-6+. The lowest BCUT2D eigenvalue weighted by atomic mass is 10.1. The Labute approximate surface area is 141 Å². The average molecular weight is 324 g/mol. The number of phenols is 1. The Balaban J connectivity index is 2.12. The fourth-order valence-electron chi connectivity index (χ4n) is 2.19. The second kappa shape index (κ2) is 8.58. The van der Waals surface area contributed by atoms with E-state index in [0.717, 1.165) is 11.3 Å². The maximum absolute atomic E-state index is 12.3. The maximum atomic E-state index is 12.3. The third-order valence-electron chi connectivity index (χ3n) is 3.30. The molecule has 0 aliphatic carbocycles. The van der Waals surface area contributed by atoms with E-state index >= 15 is 0 Å². The first-order valence-electron chi connectivity index (χ1n) is 7.63. The summed E-state index contributed by atoms with van der Waals surface area (Å²) in [5.41, 5.74) is 1.34. The molecule has 0 spiro atoms. The molecule has 4 heteroatoms. The minimum absolute atomic E-state index is 0.0649. The van der Waals surface area contributed by atoms with Crippen LogP contribution in [0.2, 0.25) is 0 Å². The quantitative estimate of drug-likeness (QED) is 0.470. The fourth-order valence-corrected chi connectivity index (χ4v) is 2.19. The number of hydrogen-bond acceptors (Lipinski definition) is 4. The van der Waals surface area contributed by atoms with E-state index in [9.17, 15) is 9.90 Å². The molecule has 0 bridgehead atoms. The van der Waals surface area contributed by atoms with Crippen LogP contribution in [-0.2, 0) is 0 Å². The number of methoxy groups -OCH3 is 1. The van der Waals surface area contributed by atoms with Crippen LogP contribution < -0.4 is 9.47 Å². The molecule has 0 heterocycles. The number of rotatable bonds is 7. The summed E-state index contributed by atoms with van der Waals surface area (Å²) in [6, 6.07) is 12.1. The van der Waals surface area contributed by atoms with Gasteiger partial charge >= 0.3 is 0 Å². The van der Waals surface area contributed by atoms with Crippen molar-refractivity contribution in [2.24, 2.45) is 0 Å². The van der Waals surface area contributed by atoms with Crippen LogP contribution in [0.4, 0.5) is 0 Å². The number of benzene rings is 2. The van der Waals surface area contributed by atoms with Crippen LogP contribution in [0.1, 0.15) is 22.8 Å². The third kappa shape index (κ3) is 4.49. The van der Waals surface area contributed by atoms with Crippen LogP contribution in [0.25, 0.3) is 6.08 Å². The van der Waals surface area contributed by atoms with Gasteiger partial charge in [0.25, 0.3) is 0 Å². The minimum atomic E-state index is -0.192. The molecule has 4 nitrogen and oxygen atoms in total. The Morgan fingerprint density at radius 3 is 2.67 bits per heavy atom. The van der Waals surface area contributed by atoms with Crippen molar-refractivity contribution in [1.82, 2.24) is 0 Å². The zero-order chi connectivity index (χ0) is 17.4. The number of carbonyl (C=O) groups is 1. The molecule has 0 aliphatic rings. The number of ketones is 1. The van der Waals surface area contributed by atoms with Crippen molar-refractivity contribution in [3.8, 4) is 17.2 Å². The number of para-hydroxylation sites is 1. The first-order valence-corrected chi connectivity index (χ1v) is 7.63. The van der Waals surface area contributed by atoms with Gasteiger partial charge < -0.3 is 14.6 Å². The van der Waals surface area contributed by atoms with Crippen molar-refractivity contribution in [1.29, 1.82) is 0 Å². The fraction of sp³-hybridized carbons (Fsp3) is 0.150. The van der Waals surface area contributed by atoms with E-state index in [1.807, 2.05) is 37.3 Å². The molecule has 2 aromatic rings. The van der Waals surface area contributed by atoms with Crippen LogP contribution in [0.15, 0.2) is 60.7 Å². The maximum Gasteiger partial charge on any atom is 0.189 e. The van der Waals surface area contributed by atoms with Gasteiger partial charge in [-0.2, -0.15) is 0 Å². The molecule has 24 heavy (non-hydrogen) atoms. The highest BCUT2D eigenvalue weighted by atomic mass is 16.5. The summed E-state index contributed by atoms with van der Waals surface area (Å²) in [6.45, 7) is 2.24. The van der Waals surface area contributed by atoms with Crippen LogP contribution >= 0.6 is 0 Å². The van der Waals surface area contributed by atoms with Gasteiger partial charge in [-0.3, -0.25) is 4.79 Å². The zero-order valence-electron chi connectivity index (χ0n) is 13.7.